The van der Waals surface area contributed by atoms with Gasteiger partial charge in [-0.15, -0.1) is 0 Å². The van der Waals surface area contributed by atoms with E-state index in [1.807, 2.05) is 6.07 Å². The molecular formula is C17H15ClFN3O2. The molecule has 0 N–H and O–H groups in total. The van der Waals surface area contributed by atoms with Crippen molar-refractivity contribution >= 4 is 17.5 Å². The first-order valence-corrected chi connectivity index (χ1v) is 7.43. The summed E-state index contributed by atoms with van der Waals surface area (Å²) in [6.07, 6.45) is 1.38. The van der Waals surface area contributed by atoms with E-state index in [4.69, 9.17) is 16.3 Å². The largest absolute Gasteiger partial charge is 0.480 e. The molecule has 24 heavy (non-hydrogen) atoms. The van der Waals surface area contributed by atoms with Gasteiger partial charge < -0.3 is 9.64 Å². The minimum atomic E-state index is -0.536. The molecule has 0 bridgehead atoms. The van der Waals surface area contributed by atoms with Crippen molar-refractivity contribution in [2.45, 2.75) is 13.0 Å². The summed E-state index contributed by atoms with van der Waals surface area (Å²) >= 11 is 5.91. The fourth-order valence-electron chi connectivity index (χ4n) is 2.30. The summed E-state index contributed by atoms with van der Waals surface area (Å²) in [5, 5.41) is 9.49. The molecule has 5 nitrogen and oxygen atoms in total. The fraction of sp³-hybridized carbons (Fsp3) is 0.235. The average Bonchev–Trinajstić information content (AvgIpc) is 2.59. The number of nitriles is 1. The molecule has 7 heteroatoms. The quantitative estimate of drug-likeness (QED) is 0.847. The van der Waals surface area contributed by atoms with E-state index in [1.54, 1.807) is 14.0 Å². The van der Waals surface area contributed by atoms with Gasteiger partial charge in [0.2, 0.25) is 5.88 Å². The Morgan fingerprint density at radius 2 is 2.17 bits per heavy atom. The van der Waals surface area contributed by atoms with Gasteiger partial charge in [-0.1, -0.05) is 11.6 Å². The van der Waals surface area contributed by atoms with E-state index in [1.165, 1.54) is 42.5 Å². The van der Waals surface area contributed by atoms with Gasteiger partial charge in [-0.2, -0.15) is 5.26 Å². The molecule has 2 rings (SSSR count). The Morgan fingerprint density at radius 3 is 2.79 bits per heavy atom. The monoisotopic (exact) mass is 347 g/mol. The number of benzene rings is 1. The van der Waals surface area contributed by atoms with Gasteiger partial charge in [-0.05, 0) is 36.8 Å². The van der Waals surface area contributed by atoms with Crippen LogP contribution >= 0.6 is 11.6 Å². The maximum absolute atomic E-state index is 13.5. The Hall–Kier alpha value is -2.65. The molecule has 1 heterocycles. The van der Waals surface area contributed by atoms with Crippen molar-refractivity contribution in [1.82, 2.24) is 9.88 Å². The minimum Gasteiger partial charge on any atom is -0.480 e. The molecular weight excluding hydrogens is 333 g/mol. The molecule has 0 radical (unpaired) electrons. The van der Waals surface area contributed by atoms with Gasteiger partial charge in [-0.3, -0.25) is 4.79 Å². The van der Waals surface area contributed by atoms with Crippen molar-refractivity contribution in [3.8, 4) is 11.9 Å². The summed E-state index contributed by atoms with van der Waals surface area (Å²) in [5.41, 5.74) is 0.913. The first kappa shape index (κ1) is 17.7. The number of pyridine rings is 1. The number of halogens is 2. The summed E-state index contributed by atoms with van der Waals surface area (Å²) < 4.78 is 18.6. The van der Waals surface area contributed by atoms with Crippen molar-refractivity contribution in [2.24, 2.45) is 0 Å². The lowest BCUT2D eigenvalue weighted by molar-refractivity contribution is 0.0738. The molecule has 2 aromatic rings. The van der Waals surface area contributed by atoms with Crippen molar-refractivity contribution in [3.63, 3.8) is 0 Å². The van der Waals surface area contributed by atoms with Gasteiger partial charge in [0.15, 0.2) is 0 Å². The van der Waals surface area contributed by atoms with E-state index in [0.29, 0.717) is 16.1 Å². The van der Waals surface area contributed by atoms with E-state index in [0.717, 1.165) is 0 Å². The topological polar surface area (TPSA) is 66.2 Å². The zero-order valence-corrected chi connectivity index (χ0v) is 14.1. The van der Waals surface area contributed by atoms with Gasteiger partial charge in [-0.25, -0.2) is 9.37 Å². The average molecular weight is 348 g/mol. The van der Waals surface area contributed by atoms with Crippen LogP contribution in [0, 0.1) is 17.1 Å². The lowest BCUT2D eigenvalue weighted by Gasteiger charge is -2.26. The number of carbonyl (C=O) groups excluding carboxylic acids is 1. The smallest absolute Gasteiger partial charge is 0.259 e. The van der Waals surface area contributed by atoms with Crippen LogP contribution in [0.2, 0.25) is 5.02 Å². The third-order valence-electron chi connectivity index (χ3n) is 3.73. The SMILES string of the molecule is COc1ncc(Cl)cc1C(=O)N(C)[C@H](C)c1cc(F)ccc1C#N. The van der Waals surface area contributed by atoms with E-state index in [-0.39, 0.29) is 11.4 Å². The Morgan fingerprint density at radius 1 is 1.46 bits per heavy atom. The molecule has 1 aromatic heterocycles. The third-order valence-corrected chi connectivity index (χ3v) is 3.93. The molecule has 0 fully saturated rings. The molecule has 0 aliphatic rings. The number of rotatable bonds is 4. The number of hydrogen-bond acceptors (Lipinski definition) is 4. The third kappa shape index (κ3) is 3.47. The summed E-state index contributed by atoms with van der Waals surface area (Å²) in [5.74, 6) is -0.732. The number of carbonyl (C=O) groups is 1. The van der Waals surface area contributed by atoms with Crippen molar-refractivity contribution in [3.05, 3.63) is 58.0 Å². The molecule has 1 atom stereocenters. The molecule has 0 aliphatic heterocycles. The van der Waals surface area contributed by atoms with Gasteiger partial charge in [0.1, 0.15) is 11.4 Å². The highest BCUT2D eigenvalue weighted by Gasteiger charge is 2.24. The highest BCUT2D eigenvalue weighted by Crippen LogP contribution is 2.27. The van der Waals surface area contributed by atoms with Gasteiger partial charge in [0.25, 0.3) is 5.91 Å². The zero-order valence-electron chi connectivity index (χ0n) is 13.4. The highest BCUT2D eigenvalue weighted by molar-refractivity contribution is 6.30. The molecule has 0 unspecified atom stereocenters. The summed E-state index contributed by atoms with van der Waals surface area (Å²) in [4.78, 5) is 18.1. The minimum absolute atomic E-state index is 0.142. The molecule has 124 valence electrons. The van der Waals surface area contributed by atoms with Crippen LogP contribution in [0.5, 0.6) is 5.88 Å². The Kier molecular flexibility index (Phi) is 5.37. The molecule has 0 aliphatic carbocycles. The second kappa shape index (κ2) is 7.28. The maximum Gasteiger partial charge on any atom is 0.259 e. The van der Waals surface area contributed by atoms with Gasteiger partial charge in [0, 0.05) is 13.2 Å². The lowest BCUT2D eigenvalue weighted by atomic mass is 10.0. The second-order valence-electron chi connectivity index (χ2n) is 5.15. The van der Waals surface area contributed by atoms with E-state index >= 15 is 0 Å². The summed E-state index contributed by atoms with van der Waals surface area (Å²) in [6.45, 7) is 1.71. The normalized spacial score (nSPS) is 11.5. The van der Waals surface area contributed by atoms with E-state index < -0.39 is 17.8 Å². The summed E-state index contributed by atoms with van der Waals surface area (Å²) in [6, 6.07) is 6.77. The van der Waals surface area contributed by atoms with Crippen LogP contribution in [0.3, 0.4) is 0 Å². The van der Waals surface area contributed by atoms with Crippen LogP contribution in [0.4, 0.5) is 4.39 Å². The van der Waals surface area contributed by atoms with E-state index in [9.17, 15) is 14.4 Å². The predicted octanol–water partition coefficient (Wildman–Crippen LogP) is 3.59. The van der Waals surface area contributed by atoms with Crippen LogP contribution in [0.1, 0.15) is 34.5 Å². The highest BCUT2D eigenvalue weighted by atomic mass is 35.5. The van der Waals surface area contributed by atoms with Crippen molar-refractivity contribution < 1.29 is 13.9 Å². The van der Waals surface area contributed by atoms with Gasteiger partial charge in [0.05, 0.1) is 29.8 Å². The predicted molar refractivity (Wildman–Crippen MR) is 87.4 cm³/mol. The number of aromatic nitrogens is 1. The molecule has 0 saturated heterocycles. The van der Waals surface area contributed by atoms with Gasteiger partial charge >= 0.3 is 0 Å². The second-order valence-corrected chi connectivity index (χ2v) is 5.58. The number of methoxy groups -OCH3 is 1. The van der Waals surface area contributed by atoms with Crippen LogP contribution in [0.25, 0.3) is 0 Å². The Balaban J connectivity index is 2.40. The standard InChI is InChI=1S/C17H15ClFN3O2/c1-10(14-7-13(19)5-4-11(14)8-20)22(2)17(23)15-6-12(18)9-21-16(15)24-3/h4-7,9-10H,1-3H3/t10-/m1/s1. The number of nitrogens with zero attached hydrogens (tertiary/aromatic N) is 3. The van der Waals surface area contributed by atoms with Crippen LogP contribution < -0.4 is 4.74 Å². The first-order valence-electron chi connectivity index (χ1n) is 7.05. The maximum atomic E-state index is 13.5. The number of amides is 1. The first-order chi connectivity index (χ1) is 11.4. The zero-order chi connectivity index (χ0) is 17.9. The van der Waals surface area contributed by atoms with E-state index in [2.05, 4.69) is 4.98 Å². The molecule has 0 saturated carbocycles. The number of ether oxygens (including phenoxy) is 1. The lowest BCUT2D eigenvalue weighted by Crippen LogP contribution is -2.30. The summed E-state index contributed by atoms with van der Waals surface area (Å²) in [7, 11) is 2.95. The number of hydrogen-bond donors (Lipinski definition) is 0. The Labute approximate surface area is 144 Å². The van der Waals surface area contributed by atoms with Crippen molar-refractivity contribution in [1.29, 1.82) is 5.26 Å². The van der Waals surface area contributed by atoms with Crippen molar-refractivity contribution in [2.75, 3.05) is 14.2 Å². The molecule has 0 spiro atoms. The van der Waals surface area contributed by atoms with Crippen LogP contribution in [-0.2, 0) is 0 Å². The van der Waals surface area contributed by atoms with Crippen LogP contribution in [0.15, 0.2) is 30.5 Å². The van der Waals surface area contributed by atoms with Crippen LogP contribution in [-0.4, -0.2) is 29.9 Å². The molecule has 1 aromatic carbocycles. The molecule has 1 amide bonds. The Bertz CT molecular complexity index is 820. The fourth-order valence-corrected chi connectivity index (χ4v) is 2.46.